The van der Waals surface area contributed by atoms with Crippen LogP contribution in [-0.4, -0.2) is 23.9 Å². The number of carbonyl (C=O) groups is 3. The molecule has 1 atom stereocenters. The van der Waals surface area contributed by atoms with Crippen molar-refractivity contribution < 1.29 is 18.8 Å². The van der Waals surface area contributed by atoms with Gasteiger partial charge in [-0.05, 0) is 42.3 Å². The molecule has 2 aromatic rings. The summed E-state index contributed by atoms with van der Waals surface area (Å²) in [4.78, 5) is 36.4. The molecule has 0 aliphatic carbocycles. The number of benzene rings is 2. The molecule has 0 saturated carbocycles. The Morgan fingerprint density at radius 1 is 0.889 bits per heavy atom. The number of hydrazine groups is 1. The monoisotopic (exact) mass is 372 g/mol. The van der Waals surface area contributed by atoms with Crippen LogP contribution in [0.2, 0.25) is 0 Å². The van der Waals surface area contributed by atoms with Crippen molar-refractivity contribution in [2.24, 2.45) is 5.92 Å². The van der Waals surface area contributed by atoms with Crippen molar-refractivity contribution in [2.75, 3.05) is 5.32 Å². The van der Waals surface area contributed by atoms with Gasteiger partial charge in [-0.15, -0.1) is 0 Å². The zero-order valence-electron chi connectivity index (χ0n) is 15.0. The average molecular weight is 372 g/mol. The molecule has 0 aliphatic rings. The first-order valence-electron chi connectivity index (χ1n) is 8.35. The number of rotatable bonds is 5. The summed E-state index contributed by atoms with van der Waals surface area (Å²) in [5.74, 6) is -1.87. The molecule has 7 nitrogen and oxygen atoms in total. The first kappa shape index (κ1) is 19.9. The third-order valence-corrected chi connectivity index (χ3v) is 3.67. The van der Waals surface area contributed by atoms with Crippen molar-refractivity contribution in [3.8, 4) is 0 Å². The highest BCUT2D eigenvalue weighted by Crippen LogP contribution is 2.07. The number of hydrogen-bond acceptors (Lipinski definition) is 3. The van der Waals surface area contributed by atoms with Crippen molar-refractivity contribution in [1.82, 2.24) is 16.2 Å². The van der Waals surface area contributed by atoms with Crippen LogP contribution in [-0.2, 0) is 4.79 Å². The Balaban J connectivity index is 1.91. The van der Waals surface area contributed by atoms with Crippen LogP contribution in [0.1, 0.15) is 24.2 Å². The molecule has 0 fully saturated rings. The highest BCUT2D eigenvalue weighted by molar-refractivity contribution is 5.97. The van der Waals surface area contributed by atoms with Crippen molar-refractivity contribution >= 4 is 23.5 Å². The fourth-order valence-electron chi connectivity index (χ4n) is 2.23. The first-order chi connectivity index (χ1) is 12.9. The van der Waals surface area contributed by atoms with E-state index in [-0.39, 0.29) is 11.5 Å². The number of hydrogen-bond donors (Lipinski definition) is 4. The molecule has 2 aromatic carbocycles. The molecule has 1 unspecified atom stereocenters. The summed E-state index contributed by atoms with van der Waals surface area (Å²) in [6.45, 7) is 3.52. The molecule has 2 rings (SSSR count). The van der Waals surface area contributed by atoms with Crippen LogP contribution in [0.15, 0.2) is 54.6 Å². The molecular weight excluding hydrogens is 351 g/mol. The largest absolute Gasteiger partial charge is 0.326 e. The maximum Gasteiger partial charge on any atom is 0.319 e. The molecular formula is C19H21FN4O3. The van der Waals surface area contributed by atoms with E-state index in [1.54, 1.807) is 38.1 Å². The van der Waals surface area contributed by atoms with E-state index < -0.39 is 29.7 Å². The summed E-state index contributed by atoms with van der Waals surface area (Å²) in [6.07, 6.45) is 0. The van der Waals surface area contributed by atoms with E-state index in [0.717, 1.165) is 12.1 Å². The summed E-state index contributed by atoms with van der Waals surface area (Å²) >= 11 is 0. The Bertz CT molecular complexity index is 794. The minimum absolute atomic E-state index is 0.188. The lowest BCUT2D eigenvalue weighted by Crippen LogP contribution is -2.55. The lowest BCUT2D eigenvalue weighted by atomic mass is 10.0. The standard InChI is InChI=1S/C19H21FN4O3/c1-12(2)16(22-19(27)21-15-6-4-3-5-7-15)18(26)24-23-17(25)13-8-10-14(20)11-9-13/h3-12,16H,1-2H3,(H,23,25)(H,24,26)(H2,21,22,27). The van der Waals surface area contributed by atoms with Gasteiger partial charge in [0.05, 0.1) is 0 Å². The summed E-state index contributed by atoms with van der Waals surface area (Å²) in [5.41, 5.74) is 5.29. The van der Waals surface area contributed by atoms with Gasteiger partial charge in [0.2, 0.25) is 0 Å². The van der Waals surface area contributed by atoms with E-state index in [9.17, 15) is 18.8 Å². The third-order valence-electron chi connectivity index (χ3n) is 3.67. The Morgan fingerprint density at radius 2 is 1.52 bits per heavy atom. The van der Waals surface area contributed by atoms with Crippen LogP contribution in [0.25, 0.3) is 0 Å². The second-order valence-corrected chi connectivity index (χ2v) is 6.14. The van der Waals surface area contributed by atoms with Crippen LogP contribution >= 0.6 is 0 Å². The van der Waals surface area contributed by atoms with Crippen molar-refractivity contribution in [3.05, 3.63) is 66.0 Å². The fraction of sp³-hybridized carbons (Fsp3) is 0.211. The maximum atomic E-state index is 12.9. The summed E-state index contributed by atoms with van der Waals surface area (Å²) in [5, 5.41) is 5.20. The van der Waals surface area contributed by atoms with Crippen LogP contribution in [0, 0.1) is 11.7 Å². The number of para-hydroxylation sites is 1. The number of anilines is 1. The van der Waals surface area contributed by atoms with Crippen LogP contribution < -0.4 is 21.5 Å². The van der Waals surface area contributed by atoms with Gasteiger partial charge >= 0.3 is 6.03 Å². The van der Waals surface area contributed by atoms with Crippen LogP contribution in [0.5, 0.6) is 0 Å². The zero-order chi connectivity index (χ0) is 19.8. The SMILES string of the molecule is CC(C)C(NC(=O)Nc1ccccc1)C(=O)NNC(=O)c1ccc(F)cc1. The number of carbonyl (C=O) groups excluding carboxylic acids is 3. The predicted molar refractivity (Wildman–Crippen MR) is 99.2 cm³/mol. The minimum Gasteiger partial charge on any atom is -0.326 e. The van der Waals surface area contributed by atoms with E-state index in [2.05, 4.69) is 21.5 Å². The van der Waals surface area contributed by atoms with Crippen molar-refractivity contribution in [2.45, 2.75) is 19.9 Å². The molecule has 0 radical (unpaired) electrons. The molecule has 0 bridgehead atoms. The average Bonchev–Trinajstić information content (AvgIpc) is 2.65. The second-order valence-electron chi connectivity index (χ2n) is 6.14. The van der Waals surface area contributed by atoms with Crippen LogP contribution in [0.3, 0.4) is 0 Å². The fourth-order valence-corrected chi connectivity index (χ4v) is 2.23. The highest BCUT2D eigenvalue weighted by Gasteiger charge is 2.24. The van der Waals surface area contributed by atoms with E-state index in [1.165, 1.54) is 12.1 Å². The summed E-state index contributed by atoms with van der Waals surface area (Å²) < 4.78 is 12.9. The second kappa shape index (κ2) is 9.33. The normalized spacial score (nSPS) is 11.4. The van der Waals surface area contributed by atoms with Crippen molar-refractivity contribution in [3.63, 3.8) is 0 Å². The van der Waals surface area contributed by atoms with Gasteiger partial charge in [0, 0.05) is 11.3 Å². The Hall–Kier alpha value is -3.42. The topological polar surface area (TPSA) is 99.3 Å². The number of urea groups is 1. The highest BCUT2D eigenvalue weighted by atomic mass is 19.1. The molecule has 4 amide bonds. The first-order valence-corrected chi connectivity index (χ1v) is 8.35. The van der Waals surface area contributed by atoms with Gasteiger partial charge in [0.25, 0.3) is 11.8 Å². The molecule has 27 heavy (non-hydrogen) atoms. The Kier molecular flexibility index (Phi) is 6.87. The lowest BCUT2D eigenvalue weighted by molar-refractivity contribution is -0.124. The summed E-state index contributed by atoms with van der Waals surface area (Å²) in [7, 11) is 0. The van der Waals surface area contributed by atoms with E-state index >= 15 is 0 Å². The quantitative estimate of drug-likeness (QED) is 0.607. The van der Waals surface area contributed by atoms with Gasteiger partial charge in [0.15, 0.2) is 0 Å². The van der Waals surface area contributed by atoms with E-state index in [1.807, 2.05) is 6.07 Å². The molecule has 0 aromatic heterocycles. The van der Waals surface area contributed by atoms with E-state index in [0.29, 0.717) is 5.69 Å². The smallest absolute Gasteiger partial charge is 0.319 e. The molecule has 0 aliphatic heterocycles. The molecule has 142 valence electrons. The zero-order valence-corrected chi connectivity index (χ0v) is 15.0. The molecule has 0 heterocycles. The minimum atomic E-state index is -0.873. The van der Waals surface area contributed by atoms with Crippen LogP contribution in [0.4, 0.5) is 14.9 Å². The van der Waals surface area contributed by atoms with Gasteiger partial charge < -0.3 is 10.6 Å². The maximum absolute atomic E-state index is 12.9. The number of amides is 4. The number of halogens is 1. The molecule has 0 spiro atoms. The Labute approximate surface area is 156 Å². The summed E-state index contributed by atoms with van der Waals surface area (Å²) in [6, 6.07) is 12.2. The molecule has 0 saturated heterocycles. The lowest BCUT2D eigenvalue weighted by Gasteiger charge is -2.22. The van der Waals surface area contributed by atoms with Gasteiger partial charge in [0.1, 0.15) is 11.9 Å². The van der Waals surface area contributed by atoms with Gasteiger partial charge in [-0.25, -0.2) is 9.18 Å². The predicted octanol–water partition coefficient (Wildman–Crippen LogP) is 2.43. The van der Waals surface area contributed by atoms with Gasteiger partial charge in [-0.3, -0.25) is 20.4 Å². The number of nitrogens with one attached hydrogen (secondary N) is 4. The molecule has 4 N–H and O–H groups in total. The van der Waals surface area contributed by atoms with Crippen molar-refractivity contribution in [1.29, 1.82) is 0 Å². The van der Waals surface area contributed by atoms with E-state index in [4.69, 9.17) is 0 Å². The molecule has 8 heteroatoms. The third kappa shape index (κ3) is 6.10. The Morgan fingerprint density at radius 3 is 2.11 bits per heavy atom. The van der Waals surface area contributed by atoms with Gasteiger partial charge in [-0.2, -0.15) is 0 Å². The van der Waals surface area contributed by atoms with Gasteiger partial charge in [-0.1, -0.05) is 32.0 Å².